The molecule has 1 aromatic heterocycles. The zero-order valence-corrected chi connectivity index (χ0v) is 15.9. The third-order valence-corrected chi connectivity index (χ3v) is 4.98. The highest BCUT2D eigenvalue weighted by Crippen LogP contribution is 2.19. The number of ether oxygens (including phenoxy) is 1. The van der Waals surface area contributed by atoms with Crippen LogP contribution >= 0.6 is 0 Å². The number of nitrogens with one attached hydrogen (secondary N) is 2. The summed E-state index contributed by atoms with van der Waals surface area (Å²) in [5.74, 6) is 1.42. The van der Waals surface area contributed by atoms with Gasteiger partial charge in [0.1, 0.15) is 23.6 Å². The van der Waals surface area contributed by atoms with E-state index in [-0.39, 0.29) is 11.9 Å². The van der Waals surface area contributed by atoms with Crippen LogP contribution in [0.3, 0.4) is 0 Å². The first-order valence-corrected chi connectivity index (χ1v) is 9.75. The standard InChI is InChI=1S/C21H28N4O2/c1-27-19-11-7-6-8-16(19)12-13-22-20-14-18(23-15-24-20)21(26)25-17-9-4-2-3-5-10-17/h6-8,11,14-15,17H,2-5,9-10,12-13H2,1H3,(H,25,26)(H,22,23,24). The van der Waals surface area contributed by atoms with E-state index in [0.29, 0.717) is 18.1 Å². The fourth-order valence-corrected chi connectivity index (χ4v) is 3.50. The number of rotatable bonds is 7. The first-order chi connectivity index (χ1) is 13.3. The van der Waals surface area contributed by atoms with Gasteiger partial charge in [0.05, 0.1) is 7.11 Å². The van der Waals surface area contributed by atoms with Crippen LogP contribution in [0.2, 0.25) is 0 Å². The van der Waals surface area contributed by atoms with Crippen molar-refractivity contribution in [3.8, 4) is 5.75 Å². The maximum atomic E-state index is 12.5. The van der Waals surface area contributed by atoms with E-state index >= 15 is 0 Å². The van der Waals surface area contributed by atoms with Crippen LogP contribution in [0.5, 0.6) is 5.75 Å². The predicted molar refractivity (Wildman–Crippen MR) is 106 cm³/mol. The van der Waals surface area contributed by atoms with Crippen LogP contribution in [0.25, 0.3) is 0 Å². The maximum Gasteiger partial charge on any atom is 0.270 e. The van der Waals surface area contributed by atoms with Crippen molar-refractivity contribution in [3.63, 3.8) is 0 Å². The Labute approximate surface area is 160 Å². The molecule has 0 spiro atoms. The lowest BCUT2D eigenvalue weighted by Gasteiger charge is -2.16. The molecule has 1 amide bonds. The summed E-state index contributed by atoms with van der Waals surface area (Å²) in [5, 5.41) is 6.39. The van der Waals surface area contributed by atoms with E-state index in [4.69, 9.17) is 4.74 Å². The van der Waals surface area contributed by atoms with Crippen LogP contribution in [0.15, 0.2) is 36.7 Å². The number of hydrogen-bond donors (Lipinski definition) is 2. The van der Waals surface area contributed by atoms with E-state index < -0.39 is 0 Å². The van der Waals surface area contributed by atoms with Crippen LogP contribution < -0.4 is 15.4 Å². The van der Waals surface area contributed by atoms with E-state index in [1.165, 1.54) is 32.0 Å². The molecule has 1 aliphatic carbocycles. The second kappa shape index (κ2) is 9.90. The minimum Gasteiger partial charge on any atom is -0.496 e. The molecule has 1 aromatic carbocycles. The average molecular weight is 368 g/mol. The summed E-state index contributed by atoms with van der Waals surface area (Å²) in [7, 11) is 1.68. The fraction of sp³-hybridized carbons (Fsp3) is 0.476. The third-order valence-electron chi connectivity index (χ3n) is 4.98. The van der Waals surface area contributed by atoms with Gasteiger partial charge in [0.15, 0.2) is 0 Å². The first kappa shape index (κ1) is 19.1. The molecule has 0 bridgehead atoms. The van der Waals surface area contributed by atoms with Gasteiger partial charge in [0.2, 0.25) is 0 Å². The number of nitrogens with zero attached hydrogens (tertiary/aromatic N) is 2. The number of benzene rings is 1. The summed E-state index contributed by atoms with van der Waals surface area (Å²) in [6.45, 7) is 0.696. The van der Waals surface area contributed by atoms with Crippen molar-refractivity contribution in [1.29, 1.82) is 0 Å². The lowest BCUT2D eigenvalue weighted by Crippen LogP contribution is -2.35. The summed E-state index contributed by atoms with van der Waals surface area (Å²) >= 11 is 0. The Morgan fingerprint density at radius 1 is 1.15 bits per heavy atom. The lowest BCUT2D eigenvalue weighted by molar-refractivity contribution is 0.0928. The molecule has 0 aliphatic heterocycles. The number of para-hydroxylation sites is 1. The minimum atomic E-state index is -0.114. The first-order valence-electron chi connectivity index (χ1n) is 9.75. The van der Waals surface area contributed by atoms with Gasteiger partial charge in [-0.1, -0.05) is 43.9 Å². The molecule has 144 valence electrons. The number of anilines is 1. The number of methoxy groups -OCH3 is 1. The van der Waals surface area contributed by atoms with Crippen molar-refractivity contribution >= 4 is 11.7 Å². The summed E-state index contributed by atoms with van der Waals surface area (Å²) in [6, 6.07) is 9.94. The molecule has 1 fully saturated rings. The number of hydrogen-bond acceptors (Lipinski definition) is 5. The maximum absolute atomic E-state index is 12.5. The van der Waals surface area contributed by atoms with Crippen molar-refractivity contribution in [1.82, 2.24) is 15.3 Å². The van der Waals surface area contributed by atoms with Crippen LogP contribution in [-0.2, 0) is 6.42 Å². The summed E-state index contributed by atoms with van der Waals surface area (Å²) in [4.78, 5) is 20.9. The molecule has 27 heavy (non-hydrogen) atoms. The molecule has 0 radical (unpaired) electrons. The third kappa shape index (κ3) is 5.67. The molecule has 0 atom stereocenters. The minimum absolute atomic E-state index is 0.114. The Balaban J connectivity index is 1.54. The summed E-state index contributed by atoms with van der Waals surface area (Å²) in [5.41, 5.74) is 1.54. The Morgan fingerprint density at radius 2 is 1.93 bits per heavy atom. The van der Waals surface area contributed by atoms with Gasteiger partial charge in [-0.3, -0.25) is 4.79 Å². The molecule has 1 aliphatic rings. The number of amides is 1. The lowest BCUT2D eigenvalue weighted by atomic mass is 10.1. The van der Waals surface area contributed by atoms with E-state index in [9.17, 15) is 4.79 Å². The van der Waals surface area contributed by atoms with Gasteiger partial charge in [-0.2, -0.15) is 0 Å². The Bertz CT molecular complexity index is 742. The number of carbonyl (C=O) groups excluding carboxylic acids is 1. The van der Waals surface area contributed by atoms with Crippen molar-refractivity contribution in [3.05, 3.63) is 47.9 Å². The molecule has 3 rings (SSSR count). The molecule has 0 unspecified atom stereocenters. The molecule has 1 saturated carbocycles. The molecule has 6 heteroatoms. The Morgan fingerprint density at radius 3 is 2.70 bits per heavy atom. The van der Waals surface area contributed by atoms with Crippen molar-refractivity contribution in [2.24, 2.45) is 0 Å². The molecule has 6 nitrogen and oxygen atoms in total. The van der Waals surface area contributed by atoms with Gasteiger partial charge < -0.3 is 15.4 Å². The topological polar surface area (TPSA) is 76.1 Å². The van der Waals surface area contributed by atoms with Gasteiger partial charge in [-0.05, 0) is 30.9 Å². The molecule has 2 N–H and O–H groups in total. The smallest absolute Gasteiger partial charge is 0.270 e. The van der Waals surface area contributed by atoms with E-state index in [0.717, 1.165) is 30.6 Å². The summed E-state index contributed by atoms with van der Waals surface area (Å²) < 4.78 is 5.37. The zero-order chi connectivity index (χ0) is 18.9. The molecular formula is C21H28N4O2. The fourth-order valence-electron chi connectivity index (χ4n) is 3.50. The van der Waals surface area contributed by atoms with Crippen molar-refractivity contribution < 1.29 is 9.53 Å². The Hall–Kier alpha value is -2.63. The molecule has 2 aromatic rings. The van der Waals surface area contributed by atoms with E-state index in [1.54, 1.807) is 13.2 Å². The van der Waals surface area contributed by atoms with E-state index in [1.807, 2.05) is 24.3 Å². The molecular weight excluding hydrogens is 340 g/mol. The summed E-state index contributed by atoms with van der Waals surface area (Å²) in [6.07, 6.45) is 9.25. The van der Waals surface area contributed by atoms with Crippen LogP contribution in [0.1, 0.15) is 54.6 Å². The van der Waals surface area contributed by atoms with E-state index in [2.05, 4.69) is 20.6 Å². The average Bonchev–Trinajstić information content (AvgIpc) is 2.97. The largest absolute Gasteiger partial charge is 0.496 e. The molecule has 1 heterocycles. The number of carbonyl (C=O) groups is 1. The monoisotopic (exact) mass is 368 g/mol. The van der Waals surface area contributed by atoms with Gasteiger partial charge in [0.25, 0.3) is 5.91 Å². The quantitative estimate of drug-likeness (QED) is 0.731. The van der Waals surface area contributed by atoms with Gasteiger partial charge in [0, 0.05) is 18.7 Å². The van der Waals surface area contributed by atoms with Crippen molar-refractivity contribution in [2.75, 3.05) is 19.0 Å². The Kier molecular flexibility index (Phi) is 7.02. The normalized spacial score (nSPS) is 15.0. The van der Waals surface area contributed by atoms with Gasteiger partial charge in [-0.15, -0.1) is 0 Å². The van der Waals surface area contributed by atoms with Crippen LogP contribution in [-0.4, -0.2) is 35.6 Å². The van der Waals surface area contributed by atoms with Crippen LogP contribution in [0, 0.1) is 0 Å². The SMILES string of the molecule is COc1ccccc1CCNc1cc(C(=O)NC2CCCCCC2)ncn1. The highest BCUT2D eigenvalue weighted by Gasteiger charge is 2.17. The second-order valence-electron chi connectivity index (χ2n) is 6.94. The highest BCUT2D eigenvalue weighted by atomic mass is 16.5. The zero-order valence-electron chi connectivity index (χ0n) is 15.9. The van der Waals surface area contributed by atoms with Crippen LogP contribution in [0.4, 0.5) is 5.82 Å². The number of aromatic nitrogens is 2. The molecule has 0 saturated heterocycles. The highest BCUT2D eigenvalue weighted by molar-refractivity contribution is 5.93. The van der Waals surface area contributed by atoms with Gasteiger partial charge >= 0.3 is 0 Å². The second-order valence-corrected chi connectivity index (χ2v) is 6.94. The predicted octanol–water partition coefficient (Wildman–Crippen LogP) is 3.59. The van der Waals surface area contributed by atoms with Crippen molar-refractivity contribution in [2.45, 2.75) is 51.0 Å². The van der Waals surface area contributed by atoms with Gasteiger partial charge in [-0.25, -0.2) is 9.97 Å².